The lowest BCUT2D eigenvalue weighted by atomic mass is 10.1. The lowest BCUT2D eigenvalue weighted by molar-refractivity contribution is 0.107. The summed E-state index contributed by atoms with van der Waals surface area (Å²) in [6, 6.07) is 0.387. The molecule has 0 aromatic heterocycles. The molecule has 0 bridgehead atoms. The molecule has 5 heteroatoms. The van der Waals surface area contributed by atoms with E-state index in [0.29, 0.717) is 19.0 Å². The van der Waals surface area contributed by atoms with Crippen LogP contribution in [0.25, 0.3) is 0 Å². The van der Waals surface area contributed by atoms with Gasteiger partial charge in [0.15, 0.2) is 0 Å². The summed E-state index contributed by atoms with van der Waals surface area (Å²) in [5.41, 5.74) is 6.81. The first-order valence-corrected chi connectivity index (χ1v) is 5.44. The van der Waals surface area contributed by atoms with E-state index in [2.05, 4.69) is 10.3 Å². The number of amidine groups is 1. The number of nitrogens with one attached hydrogen (secondary N) is 1. The van der Waals surface area contributed by atoms with Crippen LogP contribution in [0.4, 0.5) is 0 Å². The molecular formula is C11H21N3O2. The lowest BCUT2D eigenvalue weighted by Gasteiger charge is -2.23. The van der Waals surface area contributed by atoms with Gasteiger partial charge in [-0.1, -0.05) is 0 Å². The second-order valence-corrected chi connectivity index (χ2v) is 4.03. The van der Waals surface area contributed by atoms with Crippen molar-refractivity contribution >= 4 is 5.84 Å². The molecule has 3 N–H and O–H groups in total. The average molecular weight is 227 g/mol. The fourth-order valence-corrected chi connectivity index (χ4v) is 1.79. The van der Waals surface area contributed by atoms with E-state index >= 15 is 0 Å². The summed E-state index contributed by atoms with van der Waals surface area (Å²) in [7, 11) is 3.36. The third kappa shape index (κ3) is 4.20. The van der Waals surface area contributed by atoms with Crippen molar-refractivity contribution in [1.29, 1.82) is 0 Å². The highest BCUT2D eigenvalue weighted by molar-refractivity contribution is 5.92. The zero-order valence-corrected chi connectivity index (χ0v) is 10.2. The molecular weight excluding hydrogens is 206 g/mol. The Labute approximate surface area is 96.7 Å². The summed E-state index contributed by atoms with van der Waals surface area (Å²) in [6.07, 6.45) is 2.75. The summed E-state index contributed by atoms with van der Waals surface area (Å²) in [5, 5.41) is 3.37. The highest BCUT2D eigenvalue weighted by atomic mass is 16.5. The molecule has 0 fully saturated rings. The van der Waals surface area contributed by atoms with Crippen molar-refractivity contribution in [3.8, 4) is 0 Å². The topological polar surface area (TPSA) is 68.9 Å². The van der Waals surface area contributed by atoms with Crippen LogP contribution in [-0.4, -0.2) is 45.4 Å². The fourth-order valence-electron chi connectivity index (χ4n) is 1.79. The van der Waals surface area contributed by atoms with Crippen LogP contribution in [0.3, 0.4) is 0 Å². The highest BCUT2D eigenvalue weighted by Crippen LogP contribution is 2.11. The van der Waals surface area contributed by atoms with E-state index in [1.54, 1.807) is 14.2 Å². The van der Waals surface area contributed by atoms with Gasteiger partial charge < -0.3 is 20.5 Å². The Balaban J connectivity index is 2.54. The van der Waals surface area contributed by atoms with Gasteiger partial charge in [-0.25, -0.2) is 0 Å². The van der Waals surface area contributed by atoms with Crippen molar-refractivity contribution in [1.82, 2.24) is 5.32 Å². The number of methoxy groups -OCH3 is 2. The number of rotatable bonds is 6. The number of nitrogens with zero attached hydrogens (tertiary/aromatic N) is 1. The van der Waals surface area contributed by atoms with Crippen molar-refractivity contribution in [3.63, 3.8) is 0 Å². The van der Waals surface area contributed by atoms with E-state index in [1.165, 1.54) is 0 Å². The SMILES string of the molecule is COCC(COC)NC1=CC(N)=NC(C)C1. The van der Waals surface area contributed by atoms with Crippen LogP contribution in [0, 0.1) is 0 Å². The predicted molar refractivity (Wildman–Crippen MR) is 64.5 cm³/mol. The van der Waals surface area contributed by atoms with Gasteiger partial charge >= 0.3 is 0 Å². The predicted octanol–water partition coefficient (Wildman–Crippen LogP) is 0.271. The monoisotopic (exact) mass is 227 g/mol. The van der Waals surface area contributed by atoms with Gasteiger partial charge in [-0.15, -0.1) is 0 Å². The van der Waals surface area contributed by atoms with E-state index in [9.17, 15) is 0 Å². The van der Waals surface area contributed by atoms with Crippen molar-refractivity contribution in [2.75, 3.05) is 27.4 Å². The van der Waals surface area contributed by atoms with Crippen LogP contribution in [0.2, 0.25) is 0 Å². The fraction of sp³-hybridized carbons (Fsp3) is 0.727. The normalized spacial score (nSPS) is 20.6. The van der Waals surface area contributed by atoms with Crippen LogP contribution >= 0.6 is 0 Å². The van der Waals surface area contributed by atoms with E-state index in [0.717, 1.165) is 12.1 Å². The molecule has 0 spiro atoms. The molecule has 1 rings (SSSR count). The van der Waals surface area contributed by atoms with Crippen LogP contribution in [0.15, 0.2) is 16.8 Å². The average Bonchev–Trinajstić information content (AvgIpc) is 2.16. The van der Waals surface area contributed by atoms with Gasteiger partial charge in [-0.2, -0.15) is 0 Å². The summed E-state index contributed by atoms with van der Waals surface area (Å²) < 4.78 is 10.2. The van der Waals surface area contributed by atoms with E-state index in [4.69, 9.17) is 15.2 Å². The molecule has 0 aromatic carbocycles. The van der Waals surface area contributed by atoms with Crippen LogP contribution in [0.1, 0.15) is 13.3 Å². The van der Waals surface area contributed by atoms with Crippen molar-refractivity contribution in [3.05, 3.63) is 11.8 Å². The molecule has 0 aromatic rings. The van der Waals surface area contributed by atoms with E-state index in [1.807, 2.05) is 13.0 Å². The van der Waals surface area contributed by atoms with Gasteiger partial charge in [-0.3, -0.25) is 4.99 Å². The first-order chi connectivity index (χ1) is 7.65. The maximum atomic E-state index is 5.71. The number of hydrogen-bond acceptors (Lipinski definition) is 5. The molecule has 1 atom stereocenters. The Morgan fingerprint density at radius 1 is 1.50 bits per heavy atom. The molecule has 1 aliphatic heterocycles. The summed E-state index contributed by atoms with van der Waals surface area (Å²) in [6.45, 7) is 3.26. The molecule has 0 saturated carbocycles. The maximum absolute atomic E-state index is 5.71. The van der Waals surface area contributed by atoms with E-state index in [-0.39, 0.29) is 12.1 Å². The zero-order chi connectivity index (χ0) is 12.0. The molecule has 16 heavy (non-hydrogen) atoms. The van der Waals surface area contributed by atoms with Gasteiger partial charge in [0.1, 0.15) is 5.84 Å². The summed E-state index contributed by atoms with van der Waals surface area (Å²) in [4.78, 5) is 4.25. The van der Waals surface area contributed by atoms with Gasteiger partial charge in [0.25, 0.3) is 0 Å². The van der Waals surface area contributed by atoms with Gasteiger partial charge in [0.2, 0.25) is 0 Å². The largest absolute Gasteiger partial charge is 0.384 e. The molecule has 1 unspecified atom stereocenters. The minimum atomic E-state index is 0.152. The Morgan fingerprint density at radius 3 is 2.62 bits per heavy atom. The molecule has 1 aliphatic rings. The second-order valence-electron chi connectivity index (χ2n) is 4.03. The molecule has 1 heterocycles. The third-order valence-corrected chi connectivity index (χ3v) is 2.33. The van der Waals surface area contributed by atoms with Gasteiger partial charge in [0, 0.05) is 26.3 Å². The molecule has 92 valence electrons. The molecule has 0 aliphatic carbocycles. The zero-order valence-electron chi connectivity index (χ0n) is 10.2. The van der Waals surface area contributed by atoms with Crippen LogP contribution in [0.5, 0.6) is 0 Å². The van der Waals surface area contributed by atoms with Crippen molar-refractivity contribution in [2.24, 2.45) is 10.7 Å². The van der Waals surface area contributed by atoms with E-state index < -0.39 is 0 Å². The molecule has 0 radical (unpaired) electrons. The third-order valence-electron chi connectivity index (χ3n) is 2.33. The molecule has 0 saturated heterocycles. The highest BCUT2D eigenvalue weighted by Gasteiger charge is 2.15. The first kappa shape index (κ1) is 13.0. The maximum Gasteiger partial charge on any atom is 0.120 e. The van der Waals surface area contributed by atoms with Crippen LogP contribution < -0.4 is 11.1 Å². The number of aliphatic imine (C=N–C) groups is 1. The Bertz CT molecular complexity index is 270. The van der Waals surface area contributed by atoms with Gasteiger partial charge in [-0.05, 0) is 13.0 Å². The summed E-state index contributed by atoms with van der Waals surface area (Å²) >= 11 is 0. The molecule has 0 amide bonds. The first-order valence-electron chi connectivity index (χ1n) is 5.44. The number of nitrogens with two attached hydrogens (primary N) is 1. The number of dihydropyridines is 1. The minimum absolute atomic E-state index is 0.152. The number of hydrogen-bond donors (Lipinski definition) is 2. The van der Waals surface area contributed by atoms with Crippen molar-refractivity contribution < 1.29 is 9.47 Å². The standard InChI is InChI=1S/C11H21N3O2/c1-8-4-9(5-11(12)13-8)14-10(6-15-2)7-16-3/h5,8,10,14H,4,6-7H2,1-3H3,(H2,12,13). The molecule has 5 nitrogen and oxygen atoms in total. The summed E-state index contributed by atoms with van der Waals surface area (Å²) in [5.74, 6) is 0.579. The lowest BCUT2D eigenvalue weighted by Crippen LogP contribution is -2.38. The smallest absolute Gasteiger partial charge is 0.120 e. The van der Waals surface area contributed by atoms with Crippen LogP contribution in [-0.2, 0) is 9.47 Å². The Hall–Kier alpha value is -1.07. The Kier molecular flexibility index (Phi) is 5.28. The Morgan fingerprint density at radius 2 is 2.12 bits per heavy atom. The number of ether oxygens (including phenoxy) is 2. The minimum Gasteiger partial charge on any atom is -0.384 e. The van der Waals surface area contributed by atoms with Gasteiger partial charge in [0.05, 0.1) is 25.3 Å². The second kappa shape index (κ2) is 6.50. The quantitative estimate of drug-likeness (QED) is 0.683. The van der Waals surface area contributed by atoms with Crippen molar-refractivity contribution in [2.45, 2.75) is 25.4 Å².